The van der Waals surface area contributed by atoms with Crippen LogP contribution in [0.2, 0.25) is 0 Å². The van der Waals surface area contributed by atoms with E-state index < -0.39 is 0 Å². The van der Waals surface area contributed by atoms with Gasteiger partial charge in [0, 0.05) is 6.08 Å². The molecule has 2 unspecified atom stereocenters. The number of rotatable bonds is 2. The van der Waals surface area contributed by atoms with Crippen molar-refractivity contribution in [1.82, 2.24) is 0 Å². The van der Waals surface area contributed by atoms with Crippen molar-refractivity contribution in [2.75, 3.05) is 0 Å². The molecule has 2 heteroatoms. The van der Waals surface area contributed by atoms with Gasteiger partial charge in [0.25, 0.3) is 0 Å². The van der Waals surface area contributed by atoms with E-state index in [1.807, 2.05) is 6.92 Å². The minimum Gasteiger partial charge on any atom is -0.456 e. The van der Waals surface area contributed by atoms with Crippen molar-refractivity contribution in [3.63, 3.8) is 0 Å². The molecule has 0 aromatic rings. The summed E-state index contributed by atoms with van der Waals surface area (Å²) in [4.78, 5) is 11.5. The summed E-state index contributed by atoms with van der Waals surface area (Å²) in [5.41, 5.74) is -0.0884. The van der Waals surface area contributed by atoms with Crippen LogP contribution in [0.3, 0.4) is 0 Å². The Bertz CT molecular complexity index is 270. The Morgan fingerprint density at radius 1 is 1.27 bits per heavy atom. The molecule has 2 fully saturated rings. The van der Waals surface area contributed by atoms with Crippen molar-refractivity contribution in [3.8, 4) is 0 Å². The fourth-order valence-corrected chi connectivity index (χ4v) is 3.22. The molecule has 2 aliphatic carbocycles. The molecule has 2 nitrogen and oxygen atoms in total. The van der Waals surface area contributed by atoms with Crippen LogP contribution in [0.1, 0.15) is 51.9 Å². The van der Waals surface area contributed by atoms with Gasteiger partial charge in [0.15, 0.2) is 0 Å². The number of fused-ring (bicyclic) bond motifs is 1. The molecule has 0 aromatic heterocycles. The lowest BCUT2D eigenvalue weighted by atomic mass is 9.77. The van der Waals surface area contributed by atoms with Gasteiger partial charge in [0.2, 0.25) is 0 Å². The Kier molecular flexibility index (Phi) is 3.13. The molecule has 0 N–H and O–H groups in total. The Hall–Kier alpha value is -0.790. The molecule has 84 valence electrons. The third kappa shape index (κ3) is 2.09. The minimum absolute atomic E-state index is 0.0884. The number of allylic oxidation sites excluding steroid dienone is 1. The summed E-state index contributed by atoms with van der Waals surface area (Å²) < 4.78 is 5.72. The van der Waals surface area contributed by atoms with E-state index in [2.05, 4.69) is 0 Å². The third-order valence-corrected chi connectivity index (χ3v) is 3.91. The maximum absolute atomic E-state index is 11.5. The lowest BCUT2D eigenvalue weighted by Crippen LogP contribution is -2.40. The molecule has 0 radical (unpaired) electrons. The van der Waals surface area contributed by atoms with Crippen LogP contribution in [0.5, 0.6) is 0 Å². The topological polar surface area (TPSA) is 26.3 Å². The molecule has 2 aliphatic rings. The van der Waals surface area contributed by atoms with Gasteiger partial charge in [-0.25, -0.2) is 4.79 Å². The minimum atomic E-state index is -0.147. The molecule has 0 amide bonds. The van der Waals surface area contributed by atoms with Crippen LogP contribution in [0.15, 0.2) is 12.2 Å². The summed E-state index contributed by atoms with van der Waals surface area (Å²) in [7, 11) is 0. The highest BCUT2D eigenvalue weighted by Crippen LogP contribution is 2.48. The summed E-state index contributed by atoms with van der Waals surface area (Å²) in [6.07, 6.45) is 11.7. The monoisotopic (exact) mass is 208 g/mol. The van der Waals surface area contributed by atoms with Crippen LogP contribution in [0, 0.1) is 5.92 Å². The average Bonchev–Trinajstić information content (AvgIpc) is 2.61. The first-order valence-corrected chi connectivity index (χ1v) is 6.12. The number of carbonyl (C=O) groups is 1. The van der Waals surface area contributed by atoms with Crippen molar-refractivity contribution in [2.24, 2.45) is 5.92 Å². The van der Waals surface area contributed by atoms with Crippen LogP contribution in [-0.2, 0) is 9.53 Å². The Morgan fingerprint density at radius 3 is 2.80 bits per heavy atom. The van der Waals surface area contributed by atoms with E-state index in [4.69, 9.17) is 4.74 Å². The van der Waals surface area contributed by atoms with Crippen LogP contribution < -0.4 is 0 Å². The van der Waals surface area contributed by atoms with Gasteiger partial charge in [0.1, 0.15) is 5.60 Å². The van der Waals surface area contributed by atoms with Gasteiger partial charge in [-0.1, -0.05) is 12.5 Å². The van der Waals surface area contributed by atoms with E-state index in [-0.39, 0.29) is 11.6 Å². The largest absolute Gasteiger partial charge is 0.456 e. The van der Waals surface area contributed by atoms with E-state index in [1.165, 1.54) is 32.1 Å². The SMILES string of the molecule is CC=CC(=O)OC12CCCCC1CCC2. The fourth-order valence-electron chi connectivity index (χ4n) is 3.22. The second-order valence-corrected chi connectivity index (χ2v) is 4.82. The van der Waals surface area contributed by atoms with Crippen LogP contribution >= 0.6 is 0 Å². The Labute approximate surface area is 91.7 Å². The van der Waals surface area contributed by atoms with Crippen molar-refractivity contribution >= 4 is 5.97 Å². The maximum Gasteiger partial charge on any atom is 0.330 e. The summed E-state index contributed by atoms with van der Waals surface area (Å²) in [5, 5.41) is 0. The standard InChI is InChI=1S/C13H20O2/c1-2-6-12(14)15-13-9-4-3-7-11(13)8-5-10-13/h2,6,11H,3-5,7-10H2,1H3. The zero-order valence-corrected chi connectivity index (χ0v) is 9.50. The number of hydrogen-bond donors (Lipinski definition) is 0. The maximum atomic E-state index is 11.5. The van der Waals surface area contributed by atoms with E-state index in [9.17, 15) is 4.79 Å². The molecular formula is C13H20O2. The zero-order valence-electron chi connectivity index (χ0n) is 9.50. The molecule has 0 heterocycles. The smallest absolute Gasteiger partial charge is 0.330 e. The molecule has 2 rings (SSSR count). The first-order chi connectivity index (χ1) is 7.27. The predicted octanol–water partition coefficient (Wildman–Crippen LogP) is 3.22. The first kappa shape index (κ1) is 10.7. The van der Waals surface area contributed by atoms with Crippen molar-refractivity contribution in [3.05, 3.63) is 12.2 Å². The molecule has 0 spiro atoms. The average molecular weight is 208 g/mol. The van der Waals surface area contributed by atoms with Gasteiger partial charge in [0.05, 0.1) is 0 Å². The van der Waals surface area contributed by atoms with Gasteiger partial charge in [-0.15, -0.1) is 0 Å². The normalized spacial score (nSPS) is 35.4. The molecule has 0 saturated heterocycles. The third-order valence-electron chi connectivity index (χ3n) is 3.91. The second kappa shape index (κ2) is 4.38. The Balaban J connectivity index is 2.06. The highest BCUT2D eigenvalue weighted by molar-refractivity contribution is 5.82. The van der Waals surface area contributed by atoms with Crippen LogP contribution in [-0.4, -0.2) is 11.6 Å². The van der Waals surface area contributed by atoms with Crippen LogP contribution in [0.4, 0.5) is 0 Å². The fraction of sp³-hybridized carbons (Fsp3) is 0.769. The quantitative estimate of drug-likeness (QED) is 0.514. The van der Waals surface area contributed by atoms with Gasteiger partial charge >= 0.3 is 5.97 Å². The van der Waals surface area contributed by atoms with E-state index >= 15 is 0 Å². The van der Waals surface area contributed by atoms with Gasteiger partial charge in [-0.2, -0.15) is 0 Å². The number of hydrogen-bond acceptors (Lipinski definition) is 2. The summed E-state index contributed by atoms with van der Waals surface area (Å²) in [5.74, 6) is 0.492. The van der Waals surface area contributed by atoms with Crippen molar-refractivity contribution in [1.29, 1.82) is 0 Å². The molecule has 0 aromatic carbocycles. The second-order valence-electron chi connectivity index (χ2n) is 4.82. The van der Waals surface area contributed by atoms with E-state index in [0.29, 0.717) is 5.92 Å². The lowest BCUT2D eigenvalue weighted by molar-refractivity contribution is -0.161. The molecule has 15 heavy (non-hydrogen) atoms. The zero-order chi connectivity index (χ0) is 10.7. The summed E-state index contributed by atoms with van der Waals surface area (Å²) >= 11 is 0. The number of ether oxygens (including phenoxy) is 1. The van der Waals surface area contributed by atoms with E-state index in [0.717, 1.165) is 12.8 Å². The molecule has 0 aliphatic heterocycles. The molecule has 2 saturated carbocycles. The first-order valence-electron chi connectivity index (χ1n) is 6.12. The van der Waals surface area contributed by atoms with E-state index in [1.54, 1.807) is 12.2 Å². The predicted molar refractivity (Wildman–Crippen MR) is 59.4 cm³/mol. The van der Waals surface area contributed by atoms with Gasteiger partial charge < -0.3 is 4.74 Å². The lowest BCUT2D eigenvalue weighted by Gasteiger charge is -2.38. The highest BCUT2D eigenvalue weighted by Gasteiger charge is 2.46. The van der Waals surface area contributed by atoms with Crippen molar-refractivity contribution in [2.45, 2.75) is 57.5 Å². The number of carbonyl (C=O) groups excluding carboxylic acids is 1. The van der Waals surface area contributed by atoms with Crippen molar-refractivity contribution < 1.29 is 9.53 Å². The molecule has 0 bridgehead atoms. The van der Waals surface area contributed by atoms with Gasteiger partial charge in [-0.05, 0) is 51.4 Å². The van der Waals surface area contributed by atoms with Crippen LogP contribution in [0.25, 0.3) is 0 Å². The van der Waals surface area contributed by atoms with Gasteiger partial charge in [-0.3, -0.25) is 0 Å². The molecular weight excluding hydrogens is 188 g/mol. The Morgan fingerprint density at radius 2 is 2.00 bits per heavy atom. The summed E-state index contributed by atoms with van der Waals surface area (Å²) in [6.45, 7) is 1.85. The highest BCUT2D eigenvalue weighted by atomic mass is 16.6. The summed E-state index contributed by atoms with van der Waals surface area (Å²) in [6, 6.07) is 0. The number of esters is 1. The molecule has 2 atom stereocenters.